The van der Waals surface area contributed by atoms with Crippen LogP contribution in [0.2, 0.25) is 0 Å². The van der Waals surface area contributed by atoms with Crippen LogP contribution in [0.3, 0.4) is 0 Å². The van der Waals surface area contributed by atoms with Gasteiger partial charge < -0.3 is 5.32 Å². The van der Waals surface area contributed by atoms with Gasteiger partial charge in [0.2, 0.25) is 5.91 Å². The number of hydrogen-bond donors (Lipinski definition) is 1. The largest absolute Gasteiger partial charge is 0.352 e. The number of fused-ring (bicyclic) bond motifs is 1. The molecular formula is C25H25FN4O2. The lowest BCUT2D eigenvalue weighted by atomic mass is 10.1. The number of carbonyl (C=O) groups excluding carboxylic acids is 1. The zero-order valence-corrected chi connectivity index (χ0v) is 18.4. The van der Waals surface area contributed by atoms with Gasteiger partial charge in [0.1, 0.15) is 5.82 Å². The van der Waals surface area contributed by atoms with Crippen molar-refractivity contribution in [2.75, 3.05) is 0 Å². The van der Waals surface area contributed by atoms with E-state index in [9.17, 15) is 14.0 Å². The third kappa shape index (κ3) is 4.19. The minimum atomic E-state index is -0.355. The van der Waals surface area contributed by atoms with E-state index in [1.54, 1.807) is 16.7 Å². The molecule has 0 saturated heterocycles. The van der Waals surface area contributed by atoms with Gasteiger partial charge in [-0.25, -0.2) is 9.37 Å². The van der Waals surface area contributed by atoms with E-state index in [0.717, 1.165) is 16.8 Å². The summed E-state index contributed by atoms with van der Waals surface area (Å²) in [5.41, 5.74) is 4.69. The average Bonchev–Trinajstić information content (AvgIpc) is 3.03. The van der Waals surface area contributed by atoms with Crippen LogP contribution in [0, 0.1) is 26.6 Å². The number of halogens is 1. The van der Waals surface area contributed by atoms with Crippen LogP contribution in [0.5, 0.6) is 0 Å². The van der Waals surface area contributed by atoms with Gasteiger partial charge in [0.05, 0.1) is 17.4 Å². The zero-order valence-electron chi connectivity index (χ0n) is 18.4. The lowest BCUT2D eigenvalue weighted by Crippen LogP contribution is -2.27. The van der Waals surface area contributed by atoms with Gasteiger partial charge in [-0.1, -0.05) is 35.9 Å². The van der Waals surface area contributed by atoms with Crippen molar-refractivity contribution in [2.24, 2.45) is 0 Å². The first-order chi connectivity index (χ1) is 15.3. The molecule has 32 heavy (non-hydrogen) atoms. The Kier molecular flexibility index (Phi) is 5.90. The normalized spacial score (nSPS) is 11.1. The number of amides is 1. The smallest absolute Gasteiger partial charge is 0.263 e. The van der Waals surface area contributed by atoms with E-state index in [2.05, 4.69) is 10.3 Å². The van der Waals surface area contributed by atoms with Gasteiger partial charge >= 0.3 is 0 Å². The highest BCUT2D eigenvalue weighted by Crippen LogP contribution is 2.25. The lowest BCUT2D eigenvalue weighted by molar-refractivity contribution is -0.121. The van der Waals surface area contributed by atoms with Crippen molar-refractivity contribution in [3.05, 3.63) is 93.4 Å². The minimum absolute atomic E-state index is 0.136. The van der Waals surface area contributed by atoms with Crippen molar-refractivity contribution in [2.45, 2.75) is 40.3 Å². The molecule has 0 aliphatic rings. The summed E-state index contributed by atoms with van der Waals surface area (Å²) in [4.78, 5) is 29.9. The molecule has 2 aromatic heterocycles. The van der Waals surface area contributed by atoms with E-state index in [4.69, 9.17) is 0 Å². The second-order valence-electron chi connectivity index (χ2n) is 7.98. The van der Waals surface area contributed by atoms with Crippen LogP contribution in [-0.2, 0) is 17.9 Å². The Balaban J connectivity index is 1.54. The Morgan fingerprint density at radius 1 is 1.09 bits per heavy atom. The van der Waals surface area contributed by atoms with Gasteiger partial charge in [0.15, 0.2) is 5.65 Å². The molecule has 7 heteroatoms. The van der Waals surface area contributed by atoms with E-state index in [0.29, 0.717) is 23.3 Å². The number of aromatic nitrogens is 3. The molecule has 6 nitrogen and oxygen atoms in total. The Morgan fingerprint density at radius 3 is 2.56 bits per heavy atom. The first kappa shape index (κ1) is 21.5. The van der Waals surface area contributed by atoms with Crippen molar-refractivity contribution in [3.8, 4) is 5.69 Å². The molecule has 2 heterocycles. The van der Waals surface area contributed by atoms with Gasteiger partial charge in [-0.15, -0.1) is 0 Å². The Hall–Kier alpha value is -3.74. The molecule has 0 saturated carbocycles. The summed E-state index contributed by atoms with van der Waals surface area (Å²) in [6.07, 6.45) is 1.62. The topological polar surface area (TPSA) is 68.9 Å². The second-order valence-corrected chi connectivity index (χ2v) is 7.98. The van der Waals surface area contributed by atoms with Crippen molar-refractivity contribution in [1.29, 1.82) is 0 Å². The summed E-state index contributed by atoms with van der Waals surface area (Å²) in [6, 6.07) is 14.2. The SMILES string of the molecule is Cc1ccc(CNC(=O)CCn2cnc3c(c(C)c(C)n3-c3cccc(F)c3)c2=O)cc1. The lowest BCUT2D eigenvalue weighted by Gasteiger charge is -2.09. The first-order valence-electron chi connectivity index (χ1n) is 10.5. The number of hydrogen-bond acceptors (Lipinski definition) is 3. The molecule has 4 rings (SSSR count). The Labute approximate surface area is 185 Å². The van der Waals surface area contributed by atoms with Gasteiger partial charge in [-0.05, 0) is 50.1 Å². The molecule has 0 atom stereocenters. The van der Waals surface area contributed by atoms with E-state index in [1.807, 2.05) is 45.0 Å². The van der Waals surface area contributed by atoms with Gasteiger partial charge in [-0.3, -0.25) is 18.7 Å². The highest BCUT2D eigenvalue weighted by atomic mass is 19.1. The Morgan fingerprint density at radius 2 is 1.84 bits per heavy atom. The molecule has 164 valence electrons. The third-order valence-electron chi connectivity index (χ3n) is 5.74. The summed E-state index contributed by atoms with van der Waals surface area (Å²) >= 11 is 0. The highest BCUT2D eigenvalue weighted by Gasteiger charge is 2.18. The van der Waals surface area contributed by atoms with Crippen LogP contribution >= 0.6 is 0 Å². The third-order valence-corrected chi connectivity index (χ3v) is 5.74. The fourth-order valence-electron chi connectivity index (χ4n) is 3.79. The molecule has 0 radical (unpaired) electrons. The summed E-state index contributed by atoms with van der Waals surface area (Å²) < 4.78 is 17.0. The monoisotopic (exact) mass is 432 g/mol. The van der Waals surface area contributed by atoms with E-state index in [-0.39, 0.29) is 30.2 Å². The molecule has 0 aliphatic carbocycles. The molecule has 1 N–H and O–H groups in total. The number of aryl methyl sites for hydroxylation is 3. The molecule has 4 aromatic rings. The fraction of sp³-hybridized carbons (Fsp3) is 0.240. The van der Waals surface area contributed by atoms with Crippen molar-refractivity contribution in [3.63, 3.8) is 0 Å². The fourth-order valence-corrected chi connectivity index (χ4v) is 3.79. The van der Waals surface area contributed by atoms with Crippen LogP contribution < -0.4 is 10.9 Å². The van der Waals surface area contributed by atoms with Gasteiger partial charge in [-0.2, -0.15) is 0 Å². The van der Waals surface area contributed by atoms with Gasteiger partial charge in [0, 0.05) is 25.2 Å². The predicted octanol–water partition coefficient (Wildman–Crippen LogP) is 3.96. The Bertz CT molecular complexity index is 1350. The van der Waals surface area contributed by atoms with Crippen LogP contribution in [0.1, 0.15) is 28.8 Å². The standard InChI is InChI=1S/C25H25FN4O2/c1-16-7-9-19(10-8-16)14-27-22(31)11-12-29-15-28-24-23(25(29)32)17(2)18(3)30(24)21-6-4-5-20(26)13-21/h4-10,13,15H,11-12,14H2,1-3H3,(H,27,31). The molecule has 0 spiro atoms. The van der Waals surface area contributed by atoms with Crippen molar-refractivity contribution >= 4 is 16.9 Å². The zero-order chi connectivity index (χ0) is 22.8. The quantitative estimate of drug-likeness (QED) is 0.502. The maximum atomic E-state index is 13.8. The number of carbonyl (C=O) groups is 1. The summed E-state index contributed by atoms with van der Waals surface area (Å²) in [7, 11) is 0. The summed E-state index contributed by atoms with van der Waals surface area (Å²) in [6.45, 7) is 6.42. The minimum Gasteiger partial charge on any atom is -0.352 e. The molecule has 0 fully saturated rings. The van der Waals surface area contributed by atoms with Crippen LogP contribution in [0.4, 0.5) is 4.39 Å². The molecule has 1 amide bonds. The second kappa shape index (κ2) is 8.78. The summed E-state index contributed by atoms with van der Waals surface area (Å²) in [5.74, 6) is -0.491. The number of nitrogens with zero attached hydrogens (tertiary/aromatic N) is 3. The summed E-state index contributed by atoms with van der Waals surface area (Å²) in [5, 5.41) is 3.36. The average molecular weight is 432 g/mol. The first-order valence-corrected chi connectivity index (χ1v) is 10.5. The number of nitrogens with one attached hydrogen (secondary N) is 1. The number of rotatable bonds is 6. The van der Waals surface area contributed by atoms with Crippen LogP contribution in [0.15, 0.2) is 59.7 Å². The van der Waals surface area contributed by atoms with E-state index >= 15 is 0 Å². The van der Waals surface area contributed by atoms with Gasteiger partial charge in [0.25, 0.3) is 5.56 Å². The van der Waals surface area contributed by atoms with Crippen LogP contribution in [0.25, 0.3) is 16.7 Å². The maximum absolute atomic E-state index is 13.8. The molecule has 0 aliphatic heterocycles. The van der Waals surface area contributed by atoms with E-state index in [1.165, 1.54) is 28.6 Å². The molecule has 2 aromatic carbocycles. The predicted molar refractivity (Wildman–Crippen MR) is 122 cm³/mol. The number of benzene rings is 2. The molecule has 0 unspecified atom stereocenters. The van der Waals surface area contributed by atoms with Crippen LogP contribution in [-0.4, -0.2) is 20.0 Å². The molecule has 0 bridgehead atoms. The van der Waals surface area contributed by atoms with Crippen molar-refractivity contribution in [1.82, 2.24) is 19.4 Å². The molecular weight excluding hydrogens is 407 g/mol. The maximum Gasteiger partial charge on any atom is 0.263 e. The van der Waals surface area contributed by atoms with E-state index < -0.39 is 0 Å². The van der Waals surface area contributed by atoms with Crippen molar-refractivity contribution < 1.29 is 9.18 Å². The highest BCUT2D eigenvalue weighted by molar-refractivity contribution is 5.83.